The average molecular weight is 364 g/mol. The third kappa shape index (κ3) is 3.71. The largest absolute Gasteiger partial charge is 0.337 e. The van der Waals surface area contributed by atoms with Crippen molar-refractivity contribution in [3.05, 3.63) is 59.4 Å². The first kappa shape index (κ1) is 17.7. The number of carbonyl (C=O) groups excluding carboxylic acids is 2. The van der Waals surface area contributed by atoms with Gasteiger partial charge in [-0.25, -0.2) is 0 Å². The van der Waals surface area contributed by atoms with Gasteiger partial charge in [-0.3, -0.25) is 14.6 Å². The van der Waals surface area contributed by atoms with Gasteiger partial charge in [0.05, 0.1) is 11.3 Å². The minimum Gasteiger partial charge on any atom is -0.337 e. The van der Waals surface area contributed by atoms with E-state index in [0.717, 1.165) is 31.5 Å². The molecule has 2 amide bonds. The molecule has 27 heavy (non-hydrogen) atoms. The summed E-state index contributed by atoms with van der Waals surface area (Å²) >= 11 is 0. The molecule has 4 rings (SSSR count). The van der Waals surface area contributed by atoms with Crippen molar-refractivity contribution < 1.29 is 9.59 Å². The second kappa shape index (κ2) is 7.48. The van der Waals surface area contributed by atoms with Crippen LogP contribution in [0.3, 0.4) is 0 Å². The quantitative estimate of drug-likeness (QED) is 0.878. The number of rotatable bonds is 3. The Balaban J connectivity index is 1.58. The van der Waals surface area contributed by atoms with Gasteiger partial charge in [-0.05, 0) is 49.9 Å². The van der Waals surface area contributed by atoms with E-state index in [-0.39, 0.29) is 11.8 Å². The molecule has 1 aromatic carbocycles. The van der Waals surface area contributed by atoms with Crippen LogP contribution in [0.25, 0.3) is 0 Å². The summed E-state index contributed by atoms with van der Waals surface area (Å²) in [5.74, 6) is -0.254. The fourth-order valence-corrected chi connectivity index (χ4v) is 4.00. The summed E-state index contributed by atoms with van der Waals surface area (Å²) < 4.78 is 0. The summed E-state index contributed by atoms with van der Waals surface area (Å²) in [6.45, 7) is 3.38. The smallest absolute Gasteiger partial charge is 0.256 e. The molecular formula is C21H24N4O2. The van der Waals surface area contributed by atoms with Gasteiger partial charge in [0.25, 0.3) is 11.8 Å². The van der Waals surface area contributed by atoms with Gasteiger partial charge in [-0.15, -0.1) is 0 Å². The van der Waals surface area contributed by atoms with E-state index in [0.29, 0.717) is 28.9 Å². The summed E-state index contributed by atoms with van der Waals surface area (Å²) in [6, 6.07) is 9.79. The van der Waals surface area contributed by atoms with Crippen molar-refractivity contribution in [2.75, 3.05) is 18.4 Å². The van der Waals surface area contributed by atoms with E-state index in [1.807, 2.05) is 24.0 Å². The lowest BCUT2D eigenvalue weighted by molar-refractivity contribution is 0.0749. The van der Waals surface area contributed by atoms with Gasteiger partial charge in [0.1, 0.15) is 0 Å². The SMILES string of the molecule is Cc1cccc(C(=O)N2CCC3CCC(C2)N3)c1NC(=O)c1ccncc1. The molecule has 1 aromatic heterocycles. The van der Waals surface area contributed by atoms with Crippen LogP contribution >= 0.6 is 0 Å². The number of hydrogen-bond acceptors (Lipinski definition) is 4. The van der Waals surface area contributed by atoms with E-state index >= 15 is 0 Å². The molecule has 0 aliphatic carbocycles. The van der Waals surface area contributed by atoms with Gasteiger partial charge >= 0.3 is 0 Å². The number of pyridine rings is 1. The molecule has 6 heteroatoms. The highest BCUT2D eigenvalue weighted by Gasteiger charge is 2.32. The minimum atomic E-state index is -0.239. The number of nitrogens with zero attached hydrogens (tertiary/aromatic N) is 2. The molecule has 2 bridgehead atoms. The van der Waals surface area contributed by atoms with E-state index in [4.69, 9.17) is 0 Å². The van der Waals surface area contributed by atoms with Crippen LogP contribution in [0.1, 0.15) is 45.5 Å². The molecule has 2 aromatic rings. The molecule has 2 unspecified atom stereocenters. The van der Waals surface area contributed by atoms with Gasteiger partial charge in [-0.2, -0.15) is 0 Å². The van der Waals surface area contributed by atoms with Crippen molar-refractivity contribution >= 4 is 17.5 Å². The minimum absolute atomic E-state index is 0.0157. The first-order valence-electron chi connectivity index (χ1n) is 9.48. The number of aromatic nitrogens is 1. The number of carbonyl (C=O) groups is 2. The van der Waals surface area contributed by atoms with Crippen LogP contribution in [-0.2, 0) is 0 Å². The van der Waals surface area contributed by atoms with E-state index in [1.165, 1.54) is 6.42 Å². The molecule has 0 radical (unpaired) electrons. The van der Waals surface area contributed by atoms with Gasteiger partial charge in [0, 0.05) is 43.1 Å². The average Bonchev–Trinajstić information content (AvgIpc) is 3.02. The number of likely N-dealkylation sites (tertiary alicyclic amines) is 1. The highest BCUT2D eigenvalue weighted by molar-refractivity contribution is 6.09. The standard InChI is InChI=1S/C21H24N4O2/c1-14-3-2-4-18(19(14)24-20(26)15-7-10-22-11-8-15)21(27)25-12-9-16-5-6-17(13-25)23-16/h2-4,7-8,10-11,16-17,23H,5-6,9,12-13H2,1H3,(H,24,26). The lowest BCUT2D eigenvalue weighted by Crippen LogP contribution is -2.39. The van der Waals surface area contributed by atoms with E-state index < -0.39 is 0 Å². The highest BCUT2D eigenvalue weighted by atomic mass is 16.2. The Bertz CT molecular complexity index is 853. The predicted octanol–water partition coefficient (Wildman–Crippen LogP) is 2.61. The summed E-state index contributed by atoms with van der Waals surface area (Å²) in [7, 11) is 0. The van der Waals surface area contributed by atoms with Crippen LogP contribution in [0, 0.1) is 6.92 Å². The fourth-order valence-electron chi connectivity index (χ4n) is 4.00. The second-order valence-corrected chi connectivity index (χ2v) is 7.37. The van der Waals surface area contributed by atoms with Gasteiger partial charge in [-0.1, -0.05) is 12.1 Å². The van der Waals surface area contributed by atoms with Crippen LogP contribution < -0.4 is 10.6 Å². The Kier molecular flexibility index (Phi) is 4.90. The second-order valence-electron chi connectivity index (χ2n) is 7.37. The fraction of sp³-hybridized carbons (Fsp3) is 0.381. The van der Waals surface area contributed by atoms with E-state index in [2.05, 4.69) is 15.6 Å². The number of amides is 2. The number of nitrogens with one attached hydrogen (secondary N) is 2. The Morgan fingerprint density at radius 2 is 1.89 bits per heavy atom. The zero-order valence-corrected chi connectivity index (χ0v) is 15.4. The topological polar surface area (TPSA) is 74.3 Å². The van der Waals surface area contributed by atoms with Crippen LogP contribution in [0.4, 0.5) is 5.69 Å². The first-order chi connectivity index (χ1) is 13.1. The van der Waals surface area contributed by atoms with Crippen molar-refractivity contribution in [1.82, 2.24) is 15.2 Å². The van der Waals surface area contributed by atoms with Crippen LogP contribution in [0.5, 0.6) is 0 Å². The molecule has 2 N–H and O–H groups in total. The maximum Gasteiger partial charge on any atom is 0.256 e. The third-order valence-electron chi connectivity index (χ3n) is 5.49. The third-order valence-corrected chi connectivity index (χ3v) is 5.49. The number of anilines is 1. The number of hydrogen-bond donors (Lipinski definition) is 2. The Labute approximate surface area is 159 Å². The van der Waals surface area contributed by atoms with Crippen LogP contribution in [0.2, 0.25) is 0 Å². The molecule has 2 aliphatic rings. The zero-order chi connectivity index (χ0) is 18.8. The number of benzene rings is 1. The van der Waals surface area contributed by atoms with Crippen molar-refractivity contribution in [3.63, 3.8) is 0 Å². The molecule has 0 saturated carbocycles. The zero-order valence-electron chi connectivity index (χ0n) is 15.4. The Hall–Kier alpha value is -2.73. The van der Waals surface area contributed by atoms with Gasteiger partial charge < -0.3 is 15.5 Å². The molecule has 140 valence electrons. The summed E-state index contributed by atoms with van der Waals surface area (Å²) in [4.78, 5) is 31.7. The molecule has 2 fully saturated rings. The van der Waals surface area contributed by atoms with Crippen molar-refractivity contribution in [2.24, 2.45) is 0 Å². The van der Waals surface area contributed by atoms with Gasteiger partial charge in [0.2, 0.25) is 0 Å². The molecule has 6 nitrogen and oxygen atoms in total. The summed E-state index contributed by atoms with van der Waals surface area (Å²) in [5.41, 5.74) is 2.53. The highest BCUT2D eigenvalue weighted by Crippen LogP contribution is 2.26. The lowest BCUT2D eigenvalue weighted by atomic mass is 10.0. The van der Waals surface area contributed by atoms with Crippen molar-refractivity contribution in [3.8, 4) is 0 Å². The predicted molar refractivity (Wildman–Crippen MR) is 104 cm³/mol. The van der Waals surface area contributed by atoms with E-state index in [1.54, 1.807) is 30.6 Å². The summed E-state index contributed by atoms with van der Waals surface area (Å²) in [5, 5.41) is 6.53. The maximum absolute atomic E-state index is 13.3. The Morgan fingerprint density at radius 3 is 2.70 bits per heavy atom. The number of fused-ring (bicyclic) bond motifs is 2. The molecule has 2 aliphatic heterocycles. The van der Waals surface area contributed by atoms with Crippen molar-refractivity contribution in [1.29, 1.82) is 0 Å². The van der Waals surface area contributed by atoms with E-state index in [9.17, 15) is 9.59 Å². The van der Waals surface area contributed by atoms with Crippen LogP contribution in [-0.4, -0.2) is 46.9 Å². The first-order valence-corrected chi connectivity index (χ1v) is 9.48. The molecule has 2 saturated heterocycles. The van der Waals surface area contributed by atoms with Crippen LogP contribution in [0.15, 0.2) is 42.7 Å². The number of aryl methyl sites for hydroxylation is 1. The Morgan fingerprint density at radius 1 is 1.11 bits per heavy atom. The maximum atomic E-state index is 13.3. The summed E-state index contributed by atoms with van der Waals surface area (Å²) in [6.07, 6.45) is 6.46. The lowest BCUT2D eigenvalue weighted by Gasteiger charge is -2.26. The monoisotopic (exact) mass is 364 g/mol. The number of para-hydroxylation sites is 1. The van der Waals surface area contributed by atoms with Gasteiger partial charge in [0.15, 0.2) is 0 Å². The molecule has 3 heterocycles. The normalized spacial score (nSPS) is 21.6. The molecular weight excluding hydrogens is 340 g/mol. The van der Waals surface area contributed by atoms with Crippen molar-refractivity contribution in [2.45, 2.75) is 38.3 Å². The molecule has 0 spiro atoms. The molecule has 2 atom stereocenters.